The summed E-state index contributed by atoms with van der Waals surface area (Å²) in [5, 5.41) is 0. The number of hydrogen-bond donors (Lipinski definition) is 2. The molecule has 106 valence electrons. The summed E-state index contributed by atoms with van der Waals surface area (Å²) in [4.78, 5) is 3.84. The lowest BCUT2D eigenvalue weighted by Gasteiger charge is -2.13. The van der Waals surface area contributed by atoms with Crippen molar-refractivity contribution in [2.75, 3.05) is 20.3 Å². The molecule has 0 aliphatic heterocycles. The molecule has 1 aromatic rings. The maximum absolute atomic E-state index is 12.2. The Kier molecular flexibility index (Phi) is 5.80. The molecule has 0 spiro atoms. The van der Waals surface area contributed by atoms with E-state index >= 15 is 0 Å². The molecule has 0 aliphatic rings. The number of aromatic nitrogens is 1. The molecule has 0 amide bonds. The molecular formula is C11H17N3O3S2. The molecule has 3 N–H and O–H groups in total. The zero-order chi connectivity index (χ0) is 14.5. The zero-order valence-electron chi connectivity index (χ0n) is 10.8. The summed E-state index contributed by atoms with van der Waals surface area (Å²) in [5.74, 6) is 0.0599. The number of hydrogen-bond acceptors (Lipinski definition) is 5. The van der Waals surface area contributed by atoms with Crippen molar-refractivity contribution in [1.29, 1.82) is 0 Å². The first-order chi connectivity index (χ1) is 8.88. The predicted molar refractivity (Wildman–Crippen MR) is 76.4 cm³/mol. The first-order valence-electron chi connectivity index (χ1n) is 5.62. The fraction of sp³-hybridized carbons (Fsp3) is 0.455. The van der Waals surface area contributed by atoms with Crippen LogP contribution in [0.5, 0.6) is 0 Å². The van der Waals surface area contributed by atoms with Crippen molar-refractivity contribution in [3.05, 3.63) is 24.0 Å². The van der Waals surface area contributed by atoms with Crippen LogP contribution in [0.4, 0.5) is 0 Å². The molecule has 19 heavy (non-hydrogen) atoms. The third kappa shape index (κ3) is 4.50. The summed E-state index contributed by atoms with van der Waals surface area (Å²) < 4.78 is 31.8. The zero-order valence-corrected chi connectivity index (χ0v) is 12.4. The van der Waals surface area contributed by atoms with Crippen molar-refractivity contribution in [3.63, 3.8) is 0 Å². The van der Waals surface area contributed by atoms with Gasteiger partial charge in [-0.1, -0.05) is 19.1 Å². The van der Waals surface area contributed by atoms with Gasteiger partial charge in [0.1, 0.15) is 15.6 Å². The number of thiocarbonyl (C=S) groups is 1. The minimum absolute atomic E-state index is 0.00730. The van der Waals surface area contributed by atoms with E-state index in [1.807, 2.05) is 6.92 Å². The quantitative estimate of drug-likeness (QED) is 0.703. The third-order valence-corrected chi connectivity index (χ3v) is 4.02. The van der Waals surface area contributed by atoms with Gasteiger partial charge in [0.2, 0.25) is 10.0 Å². The average Bonchev–Trinajstić information content (AvgIpc) is 2.37. The van der Waals surface area contributed by atoms with Gasteiger partial charge in [0.25, 0.3) is 0 Å². The molecule has 8 heteroatoms. The van der Waals surface area contributed by atoms with Crippen molar-refractivity contribution < 1.29 is 13.2 Å². The van der Waals surface area contributed by atoms with Gasteiger partial charge < -0.3 is 10.5 Å². The molecule has 0 aliphatic carbocycles. The van der Waals surface area contributed by atoms with Gasteiger partial charge in [0.05, 0.1) is 0 Å². The Morgan fingerprint density at radius 2 is 2.32 bits per heavy atom. The Morgan fingerprint density at radius 3 is 2.89 bits per heavy atom. The Bertz CT molecular complexity index is 546. The number of pyridine rings is 1. The number of rotatable bonds is 7. The molecule has 0 saturated heterocycles. The van der Waals surface area contributed by atoms with Gasteiger partial charge in [0.15, 0.2) is 0 Å². The van der Waals surface area contributed by atoms with Crippen LogP contribution < -0.4 is 10.5 Å². The Balaban J connectivity index is 2.92. The van der Waals surface area contributed by atoms with E-state index < -0.39 is 10.0 Å². The SMILES string of the molecule is COCC(C)CNS(=O)(=O)c1cccnc1C(N)=S. The van der Waals surface area contributed by atoms with E-state index in [0.717, 1.165) is 0 Å². The van der Waals surface area contributed by atoms with Gasteiger partial charge in [-0.25, -0.2) is 13.1 Å². The molecule has 0 bridgehead atoms. The highest BCUT2D eigenvalue weighted by molar-refractivity contribution is 7.89. The molecule has 1 heterocycles. The average molecular weight is 303 g/mol. The summed E-state index contributed by atoms with van der Waals surface area (Å²) in [6, 6.07) is 2.94. The lowest BCUT2D eigenvalue weighted by Crippen LogP contribution is -2.31. The second-order valence-electron chi connectivity index (χ2n) is 4.13. The lowest BCUT2D eigenvalue weighted by molar-refractivity contribution is 0.161. The minimum Gasteiger partial charge on any atom is -0.388 e. The van der Waals surface area contributed by atoms with Crippen molar-refractivity contribution >= 4 is 27.2 Å². The van der Waals surface area contributed by atoms with Crippen LogP contribution in [0.25, 0.3) is 0 Å². The fourth-order valence-electron chi connectivity index (χ4n) is 1.47. The molecule has 0 fully saturated rings. The molecule has 1 atom stereocenters. The van der Waals surface area contributed by atoms with E-state index in [4.69, 9.17) is 22.7 Å². The smallest absolute Gasteiger partial charge is 0.242 e. The van der Waals surface area contributed by atoms with Gasteiger partial charge in [-0.05, 0) is 18.1 Å². The maximum atomic E-state index is 12.2. The van der Waals surface area contributed by atoms with E-state index in [9.17, 15) is 8.42 Å². The number of nitrogens with zero attached hydrogens (tertiary/aromatic N) is 1. The molecule has 1 unspecified atom stereocenters. The predicted octanol–water partition coefficient (Wildman–Crippen LogP) is 0.277. The number of methoxy groups -OCH3 is 1. The van der Waals surface area contributed by atoms with Crippen LogP contribution in [0.15, 0.2) is 23.2 Å². The molecule has 0 aromatic carbocycles. The van der Waals surface area contributed by atoms with Crippen LogP contribution in [0.1, 0.15) is 12.6 Å². The topological polar surface area (TPSA) is 94.3 Å². The number of nitrogens with two attached hydrogens (primary N) is 1. The normalized spacial score (nSPS) is 13.2. The fourth-order valence-corrected chi connectivity index (χ4v) is 3.03. The van der Waals surface area contributed by atoms with E-state index in [1.54, 1.807) is 7.11 Å². The van der Waals surface area contributed by atoms with Gasteiger partial charge in [-0.2, -0.15) is 0 Å². The first kappa shape index (κ1) is 16.0. The molecular weight excluding hydrogens is 286 g/mol. The van der Waals surface area contributed by atoms with Crippen molar-refractivity contribution in [2.24, 2.45) is 11.7 Å². The van der Waals surface area contributed by atoms with Gasteiger partial charge in [-0.15, -0.1) is 0 Å². The van der Waals surface area contributed by atoms with Gasteiger partial charge in [-0.3, -0.25) is 4.98 Å². The van der Waals surface area contributed by atoms with Gasteiger partial charge in [0, 0.05) is 26.5 Å². The highest BCUT2D eigenvalue weighted by Gasteiger charge is 2.21. The van der Waals surface area contributed by atoms with Crippen LogP contribution in [-0.2, 0) is 14.8 Å². The second kappa shape index (κ2) is 6.90. The number of ether oxygens (including phenoxy) is 1. The monoisotopic (exact) mass is 303 g/mol. The first-order valence-corrected chi connectivity index (χ1v) is 7.51. The highest BCUT2D eigenvalue weighted by atomic mass is 32.2. The Morgan fingerprint density at radius 1 is 1.63 bits per heavy atom. The summed E-state index contributed by atoms with van der Waals surface area (Å²) in [6.07, 6.45) is 1.45. The third-order valence-electron chi connectivity index (χ3n) is 2.37. The highest BCUT2D eigenvalue weighted by Crippen LogP contribution is 2.13. The van der Waals surface area contributed by atoms with E-state index in [-0.39, 0.29) is 28.0 Å². The second-order valence-corrected chi connectivity index (χ2v) is 6.30. The van der Waals surface area contributed by atoms with Crippen molar-refractivity contribution in [2.45, 2.75) is 11.8 Å². The molecule has 1 aromatic heterocycles. The minimum atomic E-state index is -3.68. The number of nitrogens with one attached hydrogen (secondary N) is 1. The van der Waals surface area contributed by atoms with Crippen molar-refractivity contribution in [3.8, 4) is 0 Å². The van der Waals surface area contributed by atoms with E-state index in [1.165, 1.54) is 18.3 Å². The van der Waals surface area contributed by atoms with Crippen molar-refractivity contribution in [1.82, 2.24) is 9.71 Å². The Labute approximate surface area is 118 Å². The molecule has 0 radical (unpaired) electrons. The Hall–Kier alpha value is -1.09. The largest absolute Gasteiger partial charge is 0.388 e. The summed E-state index contributed by atoms with van der Waals surface area (Å²) in [6.45, 7) is 2.61. The van der Waals surface area contributed by atoms with Crippen LogP contribution in [0, 0.1) is 5.92 Å². The molecule has 1 rings (SSSR count). The van der Waals surface area contributed by atoms with Crippen LogP contribution in [-0.4, -0.2) is 38.7 Å². The maximum Gasteiger partial charge on any atom is 0.242 e. The molecule has 6 nitrogen and oxygen atoms in total. The lowest BCUT2D eigenvalue weighted by atomic mass is 10.2. The van der Waals surface area contributed by atoms with Crippen LogP contribution in [0.3, 0.4) is 0 Å². The van der Waals surface area contributed by atoms with Crippen LogP contribution in [0.2, 0.25) is 0 Å². The standard InChI is InChI=1S/C11H17N3O3S2/c1-8(7-17-2)6-14-19(15,16)9-4-3-5-13-10(9)11(12)18/h3-5,8,14H,6-7H2,1-2H3,(H2,12,18). The molecule has 0 saturated carbocycles. The van der Waals surface area contributed by atoms with Gasteiger partial charge >= 0.3 is 0 Å². The summed E-state index contributed by atoms with van der Waals surface area (Å²) >= 11 is 4.80. The summed E-state index contributed by atoms with van der Waals surface area (Å²) in [5.41, 5.74) is 5.57. The van der Waals surface area contributed by atoms with Crippen LogP contribution >= 0.6 is 12.2 Å². The van der Waals surface area contributed by atoms with E-state index in [2.05, 4.69) is 9.71 Å². The summed E-state index contributed by atoms with van der Waals surface area (Å²) in [7, 11) is -2.12. The van der Waals surface area contributed by atoms with E-state index in [0.29, 0.717) is 6.61 Å². The number of sulfonamides is 1.